The molecule has 8 heteroatoms. The van der Waals surface area contributed by atoms with Crippen molar-refractivity contribution in [3.8, 4) is 5.75 Å². The van der Waals surface area contributed by atoms with Crippen molar-refractivity contribution >= 4 is 45.0 Å². The third-order valence-corrected chi connectivity index (χ3v) is 6.58. The predicted octanol–water partition coefficient (Wildman–Crippen LogP) is 4.40. The number of rotatable bonds is 7. The first-order chi connectivity index (χ1) is 14.7. The van der Waals surface area contributed by atoms with Gasteiger partial charge in [0.15, 0.2) is 5.13 Å². The van der Waals surface area contributed by atoms with E-state index in [1.54, 1.807) is 18.4 Å². The molecule has 0 aliphatic carbocycles. The number of morpholine rings is 1. The zero-order valence-electron chi connectivity index (χ0n) is 17.9. The molecule has 1 fully saturated rings. The quantitative estimate of drug-likeness (QED) is 0.521. The molecule has 2 heterocycles. The van der Waals surface area contributed by atoms with Gasteiger partial charge < -0.3 is 9.47 Å². The topological polar surface area (TPSA) is 54.9 Å². The average Bonchev–Trinajstić information content (AvgIpc) is 3.24. The lowest BCUT2D eigenvalue weighted by Crippen LogP contribution is -2.39. The fourth-order valence-corrected chi connectivity index (χ4v) is 4.75. The molecule has 31 heavy (non-hydrogen) atoms. The van der Waals surface area contributed by atoms with E-state index in [0.29, 0.717) is 17.2 Å². The molecule has 6 nitrogen and oxygen atoms in total. The summed E-state index contributed by atoms with van der Waals surface area (Å²) in [5, 5.41) is 0.716. The number of thiazole rings is 1. The van der Waals surface area contributed by atoms with Crippen LogP contribution in [0, 0.1) is 6.92 Å². The summed E-state index contributed by atoms with van der Waals surface area (Å²) in [6.07, 6.45) is 0.880. The summed E-state index contributed by atoms with van der Waals surface area (Å²) < 4.78 is 12.0. The maximum atomic E-state index is 13.4. The first-order valence-corrected chi connectivity index (χ1v) is 11.1. The van der Waals surface area contributed by atoms with Gasteiger partial charge in [0.05, 0.1) is 25.0 Å². The van der Waals surface area contributed by atoms with Crippen molar-refractivity contribution in [2.24, 2.45) is 0 Å². The Bertz CT molecular complexity index is 1010. The summed E-state index contributed by atoms with van der Waals surface area (Å²) in [5.74, 6) is 0.715. The van der Waals surface area contributed by atoms with Crippen LogP contribution in [0.4, 0.5) is 5.13 Å². The van der Waals surface area contributed by atoms with E-state index in [-0.39, 0.29) is 18.3 Å². The van der Waals surface area contributed by atoms with Crippen LogP contribution in [0.15, 0.2) is 42.5 Å². The highest BCUT2D eigenvalue weighted by molar-refractivity contribution is 7.22. The number of ether oxygens (including phenoxy) is 2. The number of amides is 1. The van der Waals surface area contributed by atoms with Crippen molar-refractivity contribution in [3.63, 3.8) is 0 Å². The van der Waals surface area contributed by atoms with Gasteiger partial charge in [0.1, 0.15) is 11.3 Å². The van der Waals surface area contributed by atoms with E-state index in [2.05, 4.69) is 11.8 Å². The summed E-state index contributed by atoms with van der Waals surface area (Å²) >= 11 is 1.55. The van der Waals surface area contributed by atoms with Crippen LogP contribution in [0.2, 0.25) is 0 Å². The third-order valence-electron chi connectivity index (χ3n) is 5.37. The maximum Gasteiger partial charge on any atom is 0.260 e. The van der Waals surface area contributed by atoms with E-state index >= 15 is 0 Å². The normalized spacial score (nSPS) is 14.3. The van der Waals surface area contributed by atoms with Crippen molar-refractivity contribution in [2.45, 2.75) is 13.3 Å². The van der Waals surface area contributed by atoms with Gasteiger partial charge in [0.2, 0.25) is 0 Å². The van der Waals surface area contributed by atoms with Crippen LogP contribution in [0.3, 0.4) is 0 Å². The van der Waals surface area contributed by atoms with E-state index in [0.717, 1.165) is 60.8 Å². The molecule has 0 N–H and O–H groups in total. The highest BCUT2D eigenvalue weighted by Gasteiger charge is 2.23. The summed E-state index contributed by atoms with van der Waals surface area (Å²) in [4.78, 5) is 22.4. The van der Waals surface area contributed by atoms with Gasteiger partial charge in [0, 0.05) is 31.7 Å². The van der Waals surface area contributed by atoms with Gasteiger partial charge in [-0.15, -0.1) is 12.4 Å². The Labute approximate surface area is 193 Å². The van der Waals surface area contributed by atoms with Gasteiger partial charge in [-0.25, -0.2) is 4.98 Å². The molecule has 2 aromatic carbocycles. The zero-order chi connectivity index (χ0) is 20.9. The first-order valence-electron chi connectivity index (χ1n) is 10.3. The average molecular weight is 462 g/mol. The van der Waals surface area contributed by atoms with Gasteiger partial charge in [-0.2, -0.15) is 0 Å². The molecule has 166 valence electrons. The molecule has 0 atom stereocenters. The number of nitrogens with zero attached hydrogens (tertiary/aromatic N) is 3. The SMILES string of the molecule is COc1ccc(C)c2sc(N(CCCN3CCOCC3)C(=O)c3ccccc3)nc12.Cl. The Balaban J connectivity index is 0.00000272. The molecule has 1 aliphatic rings. The highest BCUT2D eigenvalue weighted by Crippen LogP contribution is 2.36. The molecule has 0 radical (unpaired) electrons. The smallest absolute Gasteiger partial charge is 0.260 e. The van der Waals surface area contributed by atoms with Crippen LogP contribution in [0.5, 0.6) is 5.75 Å². The van der Waals surface area contributed by atoms with Gasteiger partial charge in [-0.3, -0.25) is 14.6 Å². The molecule has 4 rings (SSSR count). The second-order valence-corrected chi connectivity index (χ2v) is 8.37. The predicted molar refractivity (Wildman–Crippen MR) is 128 cm³/mol. The Morgan fingerprint density at radius 3 is 2.65 bits per heavy atom. The van der Waals surface area contributed by atoms with Gasteiger partial charge in [0.25, 0.3) is 5.91 Å². The van der Waals surface area contributed by atoms with Gasteiger partial charge >= 0.3 is 0 Å². The third kappa shape index (κ3) is 5.36. The Morgan fingerprint density at radius 1 is 1.19 bits per heavy atom. The van der Waals surface area contributed by atoms with Crippen LogP contribution < -0.4 is 9.64 Å². The minimum atomic E-state index is -0.0201. The van der Waals surface area contributed by atoms with Crippen LogP contribution in [0.1, 0.15) is 22.3 Å². The molecule has 1 amide bonds. The minimum Gasteiger partial charge on any atom is -0.494 e. The van der Waals surface area contributed by atoms with Crippen molar-refractivity contribution in [2.75, 3.05) is 51.4 Å². The number of fused-ring (bicyclic) bond motifs is 1. The van der Waals surface area contributed by atoms with Gasteiger partial charge in [-0.05, 0) is 37.1 Å². The molecular formula is C23H28ClN3O3S. The molecule has 1 aromatic heterocycles. The number of halogens is 1. The zero-order valence-corrected chi connectivity index (χ0v) is 19.5. The molecule has 1 saturated heterocycles. The molecule has 3 aromatic rings. The Kier molecular flexibility index (Phi) is 8.26. The maximum absolute atomic E-state index is 13.4. The first kappa shape index (κ1) is 23.5. The van der Waals surface area contributed by atoms with E-state index in [9.17, 15) is 4.79 Å². The second-order valence-electron chi connectivity index (χ2n) is 7.39. The lowest BCUT2D eigenvalue weighted by Gasteiger charge is -2.27. The van der Waals surface area contributed by atoms with E-state index in [4.69, 9.17) is 14.5 Å². The largest absolute Gasteiger partial charge is 0.494 e. The summed E-state index contributed by atoms with van der Waals surface area (Å²) in [6.45, 7) is 7.08. The van der Waals surface area contributed by atoms with Crippen molar-refractivity contribution in [1.82, 2.24) is 9.88 Å². The molecule has 0 bridgehead atoms. The Morgan fingerprint density at radius 2 is 1.94 bits per heavy atom. The lowest BCUT2D eigenvalue weighted by molar-refractivity contribution is 0.0376. The number of aryl methyl sites for hydroxylation is 1. The monoisotopic (exact) mass is 461 g/mol. The molecule has 0 spiro atoms. The minimum absolute atomic E-state index is 0. The number of carbonyl (C=O) groups is 1. The molecular weight excluding hydrogens is 434 g/mol. The van der Waals surface area contributed by atoms with Crippen molar-refractivity contribution in [3.05, 3.63) is 53.6 Å². The molecule has 1 aliphatic heterocycles. The van der Waals surface area contributed by atoms with Crippen LogP contribution >= 0.6 is 23.7 Å². The van der Waals surface area contributed by atoms with Crippen LogP contribution in [-0.4, -0.2) is 62.3 Å². The molecule has 0 unspecified atom stereocenters. The number of methoxy groups -OCH3 is 1. The van der Waals surface area contributed by atoms with E-state index < -0.39 is 0 Å². The molecule has 0 saturated carbocycles. The van der Waals surface area contributed by atoms with Gasteiger partial charge in [-0.1, -0.05) is 35.6 Å². The van der Waals surface area contributed by atoms with Crippen LogP contribution in [0.25, 0.3) is 10.2 Å². The number of hydrogen-bond acceptors (Lipinski definition) is 6. The number of hydrogen-bond donors (Lipinski definition) is 0. The van der Waals surface area contributed by atoms with E-state index in [1.165, 1.54) is 0 Å². The number of benzene rings is 2. The summed E-state index contributed by atoms with van der Waals surface area (Å²) in [5.41, 5.74) is 2.62. The fraction of sp³-hybridized carbons (Fsp3) is 0.391. The second kappa shape index (κ2) is 10.9. The van der Waals surface area contributed by atoms with Crippen molar-refractivity contribution < 1.29 is 14.3 Å². The number of carbonyl (C=O) groups excluding carboxylic acids is 1. The number of aromatic nitrogens is 1. The number of anilines is 1. The standard InChI is InChI=1S/C23H27N3O3S.ClH/c1-17-9-10-19(28-2)20-21(17)30-23(24-20)26(22(27)18-7-4-3-5-8-18)12-6-11-25-13-15-29-16-14-25;/h3-5,7-10H,6,11-16H2,1-2H3;1H. The fourth-order valence-electron chi connectivity index (χ4n) is 3.68. The van der Waals surface area contributed by atoms with Crippen LogP contribution in [-0.2, 0) is 4.74 Å². The summed E-state index contributed by atoms with van der Waals surface area (Å²) in [7, 11) is 1.65. The van der Waals surface area contributed by atoms with E-state index in [1.807, 2.05) is 47.4 Å². The lowest BCUT2D eigenvalue weighted by atomic mass is 10.2. The summed E-state index contributed by atoms with van der Waals surface area (Å²) in [6, 6.07) is 13.4. The highest BCUT2D eigenvalue weighted by atomic mass is 35.5. The Hall–Kier alpha value is -2.19. The van der Waals surface area contributed by atoms with Crippen molar-refractivity contribution in [1.29, 1.82) is 0 Å².